The molecule has 0 unspecified atom stereocenters. The molecule has 1 atom stereocenters. The summed E-state index contributed by atoms with van der Waals surface area (Å²) in [6.45, 7) is 3.66. The van der Waals surface area contributed by atoms with E-state index in [9.17, 15) is 18.0 Å². The minimum atomic E-state index is -3.88. The number of benzene rings is 1. The number of carbonyl (C=O) groups is 2. The lowest BCUT2D eigenvalue weighted by Gasteiger charge is -2.22. The van der Waals surface area contributed by atoms with Gasteiger partial charge in [-0.25, -0.2) is 22.7 Å². The van der Waals surface area contributed by atoms with Crippen LogP contribution in [-0.2, 0) is 24.3 Å². The smallest absolute Gasteiger partial charge is 0.348 e. The molecule has 0 radical (unpaired) electrons. The highest BCUT2D eigenvalue weighted by Crippen LogP contribution is 2.32. The molecule has 8 nitrogen and oxygen atoms in total. The molecule has 1 N–H and O–H groups in total. The SMILES string of the molecule is COc1ccc(C(=O)O[C@H]2C(=O)OCC2(C)C)cc1S(=O)(=O)NC1CCCC1. The Labute approximate surface area is 164 Å². The number of methoxy groups -OCH3 is 1. The summed E-state index contributed by atoms with van der Waals surface area (Å²) in [6.07, 6.45) is 2.47. The summed E-state index contributed by atoms with van der Waals surface area (Å²) in [5.74, 6) is -1.28. The lowest BCUT2D eigenvalue weighted by atomic mass is 9.90. The van der Waals surface area contributed by atoms with Crippen LogP contribution in [0.5, 0.6) is 5.75 Å². The maximum atomic E-state index is 12.8. The van der Waals surface area contributed by atoms with Crippen molar-refractivity contribution in [2.45, 2.75) is 56.6 Å². The lowest BCUT2D eigenvalue weighted by molar-refractivity contribution is -0.145. The Balaban J connectivity index is 1.86. The average molecular weight is 411 g/mol. The molecule has 9 heteroatoms. The summed E-state index contributed by atoms with van der Waals surface area (Å²) >= 11 is 0. The van der Waals surface area contributed by atoms with Crippen LogP contribution in [0.15, 0.2) is 23.1 Å². The van der Waals surface area contributed by atoms with Crippen molar-refractivity contribution >= 4 is 22.0 Å². The van der Waals surface area contributed by atoms with Crippen molar-refractivity contribution in [2.75, 3.05) is 13.7 Å². The second kappa shape index (κ2) is 7.71. The van der Waals surface area contributed by atoms with Gasteiger partial charge in [-0.05, 0) is 31.0 Å². The maximum absolute atomic E-state index is 12.8. The molecule has 1 saturated heterocycles. The van der Waals surface area contributed by atoms with E-state index >= 15 is 0 Å². The first-order chi connectivity index (χ1) is 13.1. The molecule has 1 aliphatic carbocycles. The molecule has 3 rings (SSSR count). The van der Waals surface area contributed by atoms with Crippen LogP contribution < -0.4 is 9.46 Å². The molecule has 1 saturated carbocycles. The van der Waals surface area contributed by atoms with E-state index in [-0.39, 0.29) is 28.9 Å². The van der Waals surface area contributed by atoms with Gasteiger partial charge in [-0.1, -0.05) is 26.7 Å². The van der Waals surface area contributed by atoms with Crippen molar-refractivity contribution in [3.63, 3.8) is 0 Å². The zero-order valence-electron chi connectivity index (χ0n) is 16.2. The van der Waals surface area contributed by atoms with Gasteiger partial charge in [-0.3, -0.25) is 0 Å². The second-order valence-electron chi connectivity index (χ2n) is 7.85. The molecule has 2 fully saturated rings. The van der Waals surface area contributed by atoms with E-state index in [2.05, 4.69) is 4.72 Å². The van der Waals surface area contributed by atoms with Gasteiger partial charge in [0.1, 0.15) is 17.3 Å². The molecule has 154 valence electrons. The Morgan fingerprint density at radius 1 is 1.25 bits per heavy atom. The van der Waals surface area contributed by atoms with Gasteiger partial charge in [0.05, 0.1) is 12.7 Å². The molecule has 0 bridgehead atoms. The Morgan fingerprint density at radius 3 is 2.50 bits per heavy atom. The van der Waals surface area contributed by atoms with E-state index in [0.717, 1.165) is 25.7 Å². The molecule has 1 aliphatic heterocycles. The Kier molecular flexibility index (Phi) is 5.67. The minimum Gasteiger partial charge on any atom is -0.495 e. The molecule has 0 aromatic heterocycles. The van der Waals surface area contributed by atoms with Crippen LogP contribution in [0.25, 0.3) is 0 Å². The first-order valence-electron chi connectivity index (χ1n) is 9.22. The fourth-order valence-electron chi connectivity index (χ4n) is 3.45. The van der Waals surface area contributed by atoms with E-state index in [1.54, 1.807) is 13.8 Å². The number of ether oxygens (including phenoxy) is 3. The number of rotatable bonds is 6. The van der Waals surface area contributed by atoms with Crippen molar-refractivity contribution in [2.24, 2.45) is 5.41 Å². The summed E-state index contributed by atoms with van der Waals surface area (Å²) in [7, 11) is -2.52. The van der Waals surface area contributed by atoms with E-state index in [0.29, 0.717) is 0 Å². The highest BCUT2D eigenvalue weighted by atomic mass is 32.2. The van der Waals surface area contributed by atoms with Gasteiger partial charge in [0.25, 0.3) is 0 Å². The number of nitrogens with one attached hydrogen (secondary N) is 1. The van der Waals surface area contributed by atoms with Crippen LogP contribution >= 0.6 is 0 Å². The van der Waals surface area contributed by atoms with Crippen LogP contribution in [0.3, 0.4) is 0 Å². The fourth-order valence-corrected chi connectivity index (χ4v) is 4.95. The van der Waals surface area contributed by atoms with Crippen molar-refractivity contribution in [3.05, 3.63) is 23.8 Å². The predicted octanol–water partition coefficient (Wildman–Crippen LogP) is 2.02. The monoisotopic (exact) mass is 411 g/mol. The Morgan fingerprint density at radius 2 is 1.93 bits per heavy atom. The van der Waals surface area contributed by atoms with Gasteiger partial charge in [0, 0.05) is 11.5 Å². The third kappa shape index (κ3) is 4.15. The molecule has 0 spiro atoms. The lowest BCUT2D eigenvalue weighted by Crippen LogP contribution is -2.35. The molecule has 1 heterocycles. The summed E-state index contributed by atoms with van der Waals surface area (Å²) in [5, 5.41) is 0. The second-order valence-corrected chi connectivity index (χ2v) is 9.53. The van der Waals surface area contributed by atoms with E-state index in [4.69, 9.17) is 14.2 Å². The van der Waals surface area contributed by atoms with Crippen LogP contribution in [0, 0.1) is 5.41 Å². The number of cyclic esters (lactones) is 1. The van der Waals surface area contributed by atoms with Crippen LogP contribution in [0.1, 0.15) is 49.9 Å². The third-order valence-electron chi connectivity index (χ3n) is 5.10. The van der Waals surface area contributed by atoms with Gasteiger partial charge in [0.15, 0.2) is 0 Å². The van der Waals surface area contributed by atoms with Gasteiger partial charge < -0.3 is 14.2 Å². The zero-order chi connectivity index (χ0) is 20.5. The predicted molar refractivity (Wildman–Crippen MR) is 99.5 cm³/mol. The molecule has 2 aliphatic rings. The first kappa shape index (κ1) is 20.6. The topological polar surface area (TPSA) is 108 Å². The quantitative estimate of drug-likeness (QED) is 0.714. The number of esters is 2. The van der Waals surface area contributed by atoms with Crippen LogP contribution in [0.2, 0.25) is 0 Å². The molecule has 28 heavy (non-hydrogen) atoms. The summed E-state index contributed by atoms with van der Waals surface area (Å²) < 4.78 is 43.8. The molecular weight excluding hydrogens is 386 g/mol. The van der Waals surface area contributed by atoms with Gasteiger partial charge in [0.2, 0.25) is 16.1 Å². The largest absolute Gasteiger partial charge is 0.495 e. The summed E-state index contributed by atoms with van der Waals surface area (Å²) in [5.41, 5.74) is -0.638. The normalized spacial score (nSPS) is 22.1. The van der Waals surface area contributed by atoms with Crippen molar-refractivity contribution < 1.29 is 32.2 Å². The maximum Gasteiger partial charge on any atom is 0.348 e. The first-order valence-corrected chi connectivity index (χ1v) is 10.7. The van der Waals surface area contributed by atoms with Crippen LogP contribution in [-0.4, -0.2) is 46.2 Å². The van der Waals surface area contributed by atoms with E-state index in [1.807, 2.05) is 0 Å². The molecule has 1 aromatic carbocycles. The van der Waals surface area contributed by atoms with Crippen molar-refractivity contribution in [1.82, 2.24) is 4.72 Å². The molecular formula is C19H25NO7S. The van der Waals surface area contributed by atoms with Gasteiger partial charge >= 0.3 is 11.9 Å². The standard InChI is InChI=1S/C19H25NO7S/c1-19(2)11-26-18(22)16(19)27-17(21)12-8-9-14(25-3)15(10-12)28(23,24)20-13-6-4-5-7-13/h8-10,13,16,20H,4-7,11H2,1-3H3/t16-/m0/s1. The van der Waals surface area contributed by atoms with Gasteiger partial charge in [-0.2, -0.15) is 0 Å². The average Bonchev–Trinajstić information content (AvgIpc) is 3.23. The highest BCUT2D eigenvalue weighted by molar-refractivity contribution is 7.89. The number of carbonyl (C=O) groups excluding carboxylic acids is 2. The van der Waals surface area contributed by atoms with E-state index < -0.39 is 33.5 Å². The minimum absolute atomic E-state index is 0.0168. The Bertz CT molecular complexity index is 872. The van der Waals surface area contributed by atoms with Crippen molar-refractivity contribution in [1.29, 1.82) is 0 Å². The highest BCUT2D eigenvalue weighted by Gasteiger charge is 2.46. The fraction of sp³-hybridized carbons (Fsp3) is 0.579. The summed E-state index contributed by atoms with van der Waals surface area (Å²) in [6, 6.07) is 3.89. The van der Waals surface area contributed by atoms with Gasteiger partial charge in [-0.15, -0.1) is 0 Å². The number of sulfonamides is 1. The molecule has 1 aromatic rings. The zero-order valence-corrected chi connectivity index (χ0v) is 17.0. The van der Waals surface area contributed by atoms with E-state index in [1.165, 1.54) is 25.3 Å². The van der Waals surface area contributed by atoms with Crippen LogP contribution in [0.4, 0.5) is 0 Å². The van der Waals surface area contributed by atoms with Crippen molar-refractivity contribution in [3.8, 4) is 5.75 Å². The Hall–Kier alpha value is -2.13. The summed E-state index contributed by atoms with van der Waals surface area (Å²) in [4.78, 5) is 24.3. The number of hydrogen-bond donors (Lipinski definition) is 1. The number of hydrogen-bond acceptors (Lipinski definition) is 7. The molecule has 0 amide bonds. The third-order valence-corrected chi connectivity index (χ3v) is 6.64.